The topological polar surface area (TPSA) is 76.0 Å². The maximum atomic E-state index is 12.0. The molecule has 2 N–H and O–H groups in total. The summed E-state index contributed by atoms with van der Waals surface area (Å²) in [5, 5.41) is 10.4. The summed E-state index contributed by atoms with van der Waals surface area (Å²) in [6.07, 6.45) is 1.82. The van der Waals surface area contributed by atoms with Crippen LogP contribution in [0.15, 0.2) is 30.3 Å². The predicted octanol–water partition coefficient (Wildman–Crippen LogP) is 2.30. The van der Waals surface area contributed by atoms with Crippen molar-refractivity contribution in [3.05, 3.63) is 41.0 Å². The summed E-state index contributed by atoms with van der Waals surface area (Å²) in [7, 11) is 0. The van der Waals surface area contributed by atoms with E-state index in [9.17, 15) is 9.59 Å². The fraction of sp³-hybridized carbons (Fsp3) is 0.312. The van der Waals surface area contributed by atoms with E-state index >= 15 is 0 Å². The highest BCUT2D eigenvalue weighted by Crippen LogP contribution is 2.28. The van der Waals surface area contributed by atoms with Gasteiger partial charge in [-0.15, -0.1) is 0 Å². The van der Waals surface area contributed by atoms with Gasteiger partial charge < -0.3 is 10.6 Å². The van der Waals surface area contributed by atoms with Gasteiger partial charge in [0.2, 0.25) is 11.8 Å². The van der Waals surface area contributed by atoms with Gasteiger partial charge in [-0.2, -0.15) is 5.10 Å². The number of aryl methyl sites for hydroxylation is 1. The van der Waals surface area contributed by atoms with Crippen molar-refractivity contribution < 1.29 is 9.59 Å². The van der Waals surface area contributed by atoms with Gasteiger partial charge in [-0.1, -0.05) is 17.7 Å². The van der Waals surface area contributed by atoms with Gasteiger partial charge in [0.25, 0.3) is 0 Å². The molecular formula is C16H17ClN4O2. The number of benzene rings is 1. The Bertz CT molecular complexity index is 752. The van der Waals surface area contributed by atoms with Crippen LogP contribution in [0.2, 0.25) is 5.02 Å². The first-order valence-electron chi connectivity index (χ1n) is 7.43. The van der Waals surface area contributed by atoms with E-state index in [0.29, 0.717) is 10.8 Å². The van der Waals surface area contributed by atoms with Crippen molar-refractivity contribution >= 4 is 29.2 Å². The SMILES string of the molecule is Cc1cc(NC(=O)CNC(=O)C2CC2)n(-c2cccc(Cl)c2)n1. The van der Waals surface area contributed by atoms with E-state index in [2.05, 4.69) is 15.7 Å². The smallest absolute Gasteiger partial charge is 0.244 e. The minimum atomic E-state index is -0.290. The molecule has 1 aromatic carbocycles. The normalized spacial score (nSPS) is 13.7. The number of rotatable bonds is 5. The number of carbonyl (C=O) groups is 2. The molecule has 120 valence electrons. The minimum Gasteiger partial charge on any atom is -0.347 e. The Morgan fingerprint density at radius 2 is 2.13 bits per heavy atom. The summed E-state index contributed by atoms with van der Waals surface area (Å²) in [6, 6.07) is 8.96. The number of amides is 2. The summed E-state index contributed by atoms with van der Waals surface area (Å²) >= 11 is 6.00. The second kappa shape index (κ2) is 6.42. The van der Waals surface area contributed by atoms with E-state index in [-0.39, 0.29) is 24.3 Å². The lowest BCUT2D eigenvalue weighted by Crippen LogP contribution is -2.34. The molecule has 1 aromatic heterocycles. The van der Waals surface area contributed by atoms with Crippen LogP contribution in [0.1, 0.15) is 18.5 Å². The zero-order chi connectivity index (χ0) is 16.4. The zero-order valence-electron chi connectivity index (χ0n) is 12.7. The molecule has 23 heavy (non-hydrogen) atoms. The molecule has 7 heteroatoms. The van der Waals surface area contributed by atoms with Crippen LogP contribution in [0.25, 0.3) is 5.69 Å². The molecule has 1 aliphatic carbocycles. The lowest BCUT2D eigenvalue weighted by molar-refractivity contribution is -0.125. The molecule has 2 amide bonds. The molecule has 0 saturated heterocycles. The number of nitrogens with zero attached hydrogens (tertiary/aromatic N) is 2. The van der Waals surface area contributed by atoms with E-state index in [1.165, 1.54) is 0 Å². The van der Waals surface area contributed by atoms with Gasteiger partial charge in [0.1, 0.15) is 5.82 Å². The molecule has 0 aliphatic heterocycles. The fourth-order valence-electron chi connectivity index (χ4n) is 2.24. The highest BCUT2D eigenvalue weighted by molar-refractivity contribution is 6.30. The van der Waals surface area contributed by atoms with Gasteiger partial charge in [-0.25, -0.2) is 4.68 Å². The second-order valence-electron chi connectivity index (χ2n) is 5.60. The Morgan fingerprint density at radius 3 is 2.83 bits per heavy atom. The van der Waals surface area contributed by atoms with Gasteiger partial charge in [-0.05, 0) is 38.0 Å². The molecular weight excluding hydrogens is 316 g/mol. The number of nitrogens with one attached hydrogen (secondary N) is 2. The Morgan fingerprint density at radius 1 is 1.35 bits per heavy atom. The van der Waals surface area contributed by atoms with E-state index in [1.807, 2.05) is 19.1 Å². The summed E-state index contributed by atoms with van der Waals surface area (Å²) in [5.74, 6) is 0.277. The lowest BCUT2D eigenvalue weighted by Gasteiger charge is -2.09. The molecule has 6 nitrogen and oxygen atoms in total. The van der Waals surface area contributed by atoms with Crippen molar-refractivity contribution in [3.63, 3.8) is 0 Å². The Balaban J connectivity index is 1.70. The van der Waals surface area contributed by atoms with E-state index < -0.39 is 0 Å². The fourth-order valence-corrected chi connectivity index (χ4v) is 2.42. The Labute approximate surface area is 138 Å². The largest absolute Gasteiger partial charge is 0.347 e. The summed E-state index contributed by atoms with van der Waals surface area (Å²) in [5.41, 5.74) is 1.52. The molecule has 1 fully saturated rings. The van der Waals surface area contributed by atoms with E-state index in [4.69, 9.17) is 11.6 Å². The first-order valence-corrected chi connectivity index (χ1v) is 7.81. The van der Waals surface area contributed by atoms with Crippen molar-refractivity contribution in [1.82, 2.24) is 15.1 Å². The highest BCUT2D eigenvalue weighted by atomic mass is 35.5. The van der Waals surface area contributed by atoms with Crippen LogP contribution in [0.3, 0.4) is 0 Å². The predicted molar refractivity (Wildman–Crippen MR) is 87.7 cm³/mol. The molecule has 3 rings (SSSR count). The molecule has 1 heterocycles. The van der Waals surface area contributed by atoms with Crippen molar-refractivity contribution in [2.75, 3.05) is 11.9 Å². The third kappa shape index (κ3) is 3.90. The highest BCUT2D eigenvalue weighted by Gasteiger charge is 2.29. The third-order valence-electron chi connectivity index (χ3n) is 3.52. The van der Waals surface area contributed by atoms with E-state index in [1.54, 1.807) is 22.9 Å². The molecule has 1 aliphatic rings. The van der Waals surface area contributed by atoms with Crippen molar-refractivity contribution in [3.8, 4) is 5.69 Å². The maximum Gasteiger partial charge on any atom is 0.244 e. The van der Waals surface area contributed by atoms with Crippen molar-refractivity contribution in [2.45, 2.75) is 19.8 Å². The van der Waals surface area contributed by atoms with Crippen molar-refractivity contribution in [2.24, 2.45) is 5.92 Å². The van der Waals surface area contributed by atoms with Gasteiger partial charge in [0, 0.05) is 17.0 Å². The second-order valence-corrected chi connectivity index (χ2v) is 6.04. The van der Waals surface area contributed by atoms with Crippen LogP contribution in [0.5, 0.6) is 0 Å². The number of halogens is 1. The van der Waals surface area contributed by atoms with Crippen LogP contribution in [-0.2, 0) is 9.59 Å². The van der Waals surface area contributed by atoms with E-state index in [0.717, 1.165) is 24.2 Å². The average molecular weight is 333 g/mol. The van der Waals surface area contributed by atoms with Gasteiger partial charge in [-0.3, -0.25) is 9.59 Å². The molecule has 0 spiro atoms. The maximum absolute atomic E-state index is 12.0. The van der Waals surface area contributed by atoms with Crippen LogP contribution in [0.4, 0.5) is 5.82 Å². The number of hydrogen-bond acceptors (Lipinski definition) is 3. The molecule has 1 saturated carbocycles. The number of aromatic nitrogens is 2. The Kier molecular flexibility index (Phi) is 4.34. The van der Waals surface area contributed by atoms with Crippen LogP contribution in [0, 0.1) is 12.8 Å². The Hall–Kier alpha value is -2.34. The monoisotopic (exact) mass is 332 g/mol. The summed E-state index contributed by atoms with van der Waals surface area (Å²) in [6.45, 7) is 1.79. The van der Waals surface area contributed by atoms with Crippen LogP contribution in [-0.4, -0.2) is 28.1 Å². The average Bonchev–Trinajstić information content (AvgIpc) is 3.29. The molecule has 0 bridgehead atoms. The standard InChI is InChI=1S/C16H17ClN4O2/c1-10-7-14(19-15(22)9-18-16(23)11-5-6-11)21(20-10)13-4-2-3-12(17)8-13/h2-4,7-8,11H,5-6,9H2,1H3,(H,18,23)(H,19,22). The zero-order valence-corrected chi connectivity index (χ0v) is 13.4. The quantitative estimate of drug-likeness (QED) is 0.882. The first-order chi connectivity index (χ1) is 11.0. The number of hydrogen-bond donors (Lipinski definition) is 2. The van der Waals surface area contributed by atoms with Gasteiger partial charge >= 0.3 is 0 Å². The third-order valence-corrected chi connectivity index (χ3v) is 3.76. The van der Waals surface area contributed by atoms with Crippen LogP contribution >= 0.6 is 11.6 Å². The minimum absolute atomic E-state index is 0.0465. The molecule has 2 aromatic rings. The molecule has 0 radical (unpaired) electrons. The molecule has 0 unspecified atom stereocenters. The number of carbonyl (C=O) groups excluding carboxylic acids is 2. The number of anilines is 1. The van der Waals surface area contributed by atoms with Gasteiger partial charge in [0.15, 0.2) is 0 Å². The first kappa shape index (κ1) is 15.6. The van der Waals surface area contributed by atoms with Crippen molar-refractivity contribution in [1.29, 1.82) is 0 Å². The summed E-state index contributed by atoms with van der Waals surface area (Å²) < 4.78 is 1.61. The lowest BCUT2D eigenvalue weighted by atomic mass is 10.3. The molecule has 0 atom stereocenters. The summed E-state index contributed by atoms with van der Waals surface area (Å²) in [4.78, 5) is 23.6. The van der Waals surface area contributed by atoms with Gasteiger partial charge in [0.05, 0.1) is 17.9 Å². The van der Waals surface area contributed by atoms with Crippen LogP contribution < -0.4 is 10.6 Å².